The van der Waals surface area contributed by atoms with Crippen LogP contribution in [0.15, 0.2) is 6.20 Å². The normalized spacial score (nSPS) is 11.8. The molecule has 1 aromatic heterocycles. The molecule has 110 valence electrons. The van der Waals surface area contributed by atoms with Crippen LogP contribution in [-0.4, -0.2) is 30.8 Å². The predicted molar refractivity (Wildman–Crippen MR) is 72.7 cm³/mol. The summed E-state index contributed by atoms with van der Waals surface area (Å²) in [7, 11) is 0. The van der Waals surface area contributed by atoms with Crippen molar-refractivity contribution in [3.63, 3.8) is 0 Å². The first kappa shape index (κ1) is 16.2. The molecule has 1 aromatic rings. The van der Waals surface area contributed by atoms with E-state index in [4.69, 9.17) is 0 Å². The SMILES string of the molecule is CCCNCc1cnc(N(CCC)CC(F)(F)F)s1. The molecule has 0 fully saturated rings. The average molecular weight is 295 g/mol. The molecule has 1 rings (SSSR count). The minimum absolute atomic E-state index is 0.370. The first-order chi connectivity index (χ1) is 8.96. The molecule has 0 aliphatic carbocycles. The summed E-state index contributed by atoms with van der Waals surface area (Å²) in [5, 5.41) is 3.66. The van der Waals surface area contributed by atoms with Crippen molar-refractivity contribution in [3.8, 4) is 0 Å². The minimum atomic E-state index is -4.19. The van der Waals surface area contributed by atoms with Gasteiger partial charge in [0.15, 0.2) is 5.13 Å². The van der Waals surface area contributed by atoms with Gasteiger partial charge in [-0.1, -0.05) is 13.8 Å². The van der Waals surface area contributed by atoms with Crippen molar-refractivity contribution in [2.75, 3.05) is 24.5 Å². The van der Waals surface area contributed by atoms with Crippen LogP contribution in [0.3, 0.4) is 0 Å². The zero-order valence-corrected chi connectivity index (χ0v) is 12.1. The van der Waals surface area contributed by atoms with E-state index in [9.17, 15) is 13.2 Å². The summed E-state index contributed by atoms with van der Waals surface area (Å²) < 4.78 is 37.5. The third-order valence-electron chi connectivity index (χ3n) is 2.40. The molecule has 0 radical (unpaired) electrons. The number of alkyl halides is 3. The van der Waals surface area contributed by atoms with Crippen molar-refractivity contribution in [1.29, 1.82) is 0 Å². The van der Waals surface area contributed by atoms with Crippen LogP contribution in [-0.2, 0) is 6.54 Å². The van der Waals surface area contributed by atoms with Crippen molar-refractivity contribution in [3.05, 3.63) is 11.1 Å². The topological polar surface area (TPSA) is 28.2 Å². The van der Waals surface area contributed by atoms with Gasteiger partial charge in [-0.3, -0.25) is 0 Å². The Morgan fingerprint density at radius 2 is 2.05 bits per heavy atom. The van der Waals surface area contributed by atoms with Gasteiger partial charge in [-0.05, 0) is 19.4 Å². The molecule has 0 aliphatic heterocycles. The lowest BCUT2D eigenvalue weighted by molar-refractivity contribution is -0.119. The van der Waals surface area contributed by atoms with E-state index in [1.54, 1.807) is 6.20 Å². The van der Waals surface area contributed by atoms with Gasteiger partial charge in [-0.15, -0.1) is 11.3 Å². The number of hydrogen-bond acceptors (Lipinski definition) is 4. The maximum atomic E-state index is 12.5. The Morgan fingerprint density at radius 1 is 1.32 bits per heavy atom. The van der Waals surface area contributed by atoms with E-state index in [-0.39, 0.29) is 0 Å². The van der Waals surface area contributed by atoms with Gasteiger partial charge < -0.3 is 10.2 Å². The van der Waals surface area contributed by atoms with E-state index in [1.807, 2.05) is 6.92 Å². The number of aromatic nitrogens is 1. The Bertz CT molecular complexity index is 365. The van der Waals surface area contributed by atoms with E-state index in [2.05, 4.69) is 17.2 Å². The third-order valence-corrected chi connectivity index (χ3v) is 3.46. The fourth-order valence-corrected chi connectivity index (χ4v) is 2.55. The molecule has 1 heterocycles. The standard InChI is InChI=1S/C12H20F3N3S/c1-3-5-16-7-10-8-17-11(19-10)18(6-4-2)9-12(13,14)15/h8,16H,3-7,9H2,1-2H3. The first-order valence-electron chi connectivity index (χ1n) is 6.43. The van der Waals surface area contributed by atoms with Gasteiger partial charge in [0.25, 0.3) is 0 Å². The van der Waals surface area contributed by atoms with Crippen molar-refractivity contribution in [2.24, 2.45) is 0 Å². The van der Waals surface area contributed by atoms with Crippen LogP contribution in [0.1, 0.15) is 31.6 Å². The second-order valence-corrected chi connectivity index (χ2v) is 5.42. The first-order valence-corrected chi connectivity index (χ1v) is 7.25. The van der Waals surface area contributed by atoms with Gasteiger partial charge in [0.05, 0.1) is 0 Å². The fraction of sp³-hybridized carbons (Fsp3) is 0.750. The summed E-state index contributed by atoms with van der Waals surface area (Å²) in [6.07, 6.45) is -0.843. The van der Waals surface area contributed by atoms with E-state index in [0.29, 0.717) is 24.6 Å². The largest absolute Gasteiger partial charge is 0.406 e. The lowest BCUT2D eigenvalue weighted by Gasteiger charge is -2.22. The highest BCUT2D eigenvalue weighted by atomic mass is 32.1. The van der Waals surface area contributed by atoms with Crippen LogP contribution in [0.5, 0.6) is 0 Å². The number of nitrogens with one attached hydrogen (secondary N) is 1. The zero-order valence-electron chi connectivity index (χ0n) is 11.3. The molecule has 1 N–H and O–H groups in total. The van der Waals surface area contributed by atoms with Gasteiger partial charge in [-0.2, -0.15) is 13.2 Å². The lowest BCUT2D eigenvalue weighted by atomic mass is 10.4. The summed E-state index contributed by atoms with van der Waals surface area (Å²) in [4.78, 5) is 6.37. The highest BCUT2D eigenvalue weighted by molar-refractivity contribution is 7.15. The minimum Gasteiger partial charge on any atom is -0.339 e. The van der Waals surface area contributed by atoms with Crippen LogP contribution in [0, 0.1) is 0 Å². The zero-order chi connectivity index (χ0) is 14.3. The molecule has 0 aromatic carbocycles. The molecule has 0 unspecified atom stereocenters. The number of anilines is 1. The van der Waals surface area contributed by atoms with Gasteiger partial charge in [0.1, 0.15) is 6.54 Å². The summed E-state index contributed by atoms with van der Waals surface area (Å²) in [5.74, 6) is 0. The second kappa shape index (κ2) is 7.69. The van der Waals surface area contributed by atoms with Crippen molar-refractivity contribution in [1.82, 2.24) is 10.3 Å². The Hall–Kier alpha value is -0.820. The fourth-order valence-electron chi connectivity index (χ4n) is 1.64. The second-order valence-electron chi connectivity index (χ2n) is 4.32. The quantitative estimate of drug-likeness (QED) is 0.745. The maximum absolute atomic E-state index is 12.5. The smallest absolute Gasteiger partial charge is 0.339 e. The number of rotatable bonds is 8. The summed E-state index contributed by atoms with van der Waals surface area (Å²) in [6.45, 7) is 4.93. The number of thiazole rings is 1. The highest BCUT2D eigenvalue weighted by Crippen LogP contribution is 2.26. The van der Waals surface area contributed by atoms with Crippen LogP contribution < -0.4 is 10.2 Å². The van der Waals surface area contributed by atoms with Crippen molar-refractivity contribution in [2.45, 2.75) is 39.4 Å². The van der Waals surface area contributed by atoms with E-state index >= 15 is 0 Å². The molecule has 0 bridgehead atoms. The van der Waals surface area contributed by atoms with Gasteiger partial charge in [0, 0.05) is 24.2 Å². The molecule has 7 heteroatoms. The van der Waals surface area contributed by atoms with Gasteiger partial charge in [0.2, 0.25) is 0 Å². The van der Waals surface area contributed by atoms with Crippen LogP contribution in [0.25, 0.3) is 0 Å². The van der Waals surface area contributed by atoms with E-state index in [1.165, 1.54) is 16.2 Å². The summed E-state index contributed by atoms with van der Waals surface area (Å²) in [5.41, 5.74) is 0. The van der Waals surface area contributed by atoms with Crippen molar-refractivity contribution >= 4 is 16.5 Å². The third kappa shape index (κ3) is 6.24. The van der Waals surface area contributed by atoms with Crippen molar-refractivity contribution < 1.29 is 13.2 Å². The molecule has 0 saturated heterocycles. The van der Waals surface area contributed by atoms with E-state index in [0.717, 1.165) is 17.8 Å². The molecular weight excluding hydrogens is 275 g/mol. The molecule has 3 nitrogen and oxygen atoms in total. The Morgan fingerprint density at radius 3 is 2.63 bits per heavy atom. The molecule has 0 saturated carbocycles. The Balaban J connectivity index is 2.63. The Kier molecular flexibility index (Phi) is 6.57. The summed E-state index contributed by atoms with van der Waals surface area (Å²) >= 11 is 1.32. The number of nitrogens with zero attached hydrogens (tertiary/aromatic N) is 2. The lowest BCUT2D eigenvalue weighted by Crippen LogP contribution is -2.34. The van der Waals surface area contributed by atoms with Gasteiger partial charge in [-0.25, -0.2) is 4.98 Å². The monoisotopic (exact) mass is 295 g/mol. The maximum Gasteiger partial charge on any atom is 0.406 e. The molecule has 0 aliphatic rings. The van der Waals surface area contributed by atoms with Gasteiger partial charge >= 0.3 is 6.18 Å². The number of halogens is 3. The average Bonchev–Trinajstić information content (AvgIpc) is 2.76. The Labute approximate surface area is 115 Å². The van der Waals surface area contributed by atoms with Crippen LogP contribution in [0.4, 0.5) is 18.3 Å². The highest BCUT2D eigenvalue weighted by Gasteiger charge is 2.31. The molecule has 0 amide bonds. The van der Waals surface area contributed by atoms with Crippen LogP contribution >= 0.6 is 11.3 Å². The van der Waals surface area contributed by atoms with Crippen LogP contribution in [0.2, 0.25) is 0 Å². The molecule has 0 atom stereocenters. The number of hydrogen-bond donors (Lipinski definition) is 1. The summed E-state index contributed by atoms with van der Waals surface area (Å²) in [6, 6.07) is 0. The predicted octanol–water partition coefficient (Wildman–Crippen LogP) is 3.42. The molecule has 19 heavy (non-hydrogen) atoms. The van der Waals surface area contributed by atoms with E-state index < -0.39 is 12.7 Å². The molecule has 0 spiro atoms. The molecular formula is C12H20F3N3S.